The molecule has 1 aliphatic rings. The number of fused-ring (bicyclic) bond motifs is 1. The molecule has 0 spiro atoms. The summed E-state index contributed by atoms with van der Waals surface area (Å²) in [7, 11) is 0. The summed E-state index contributed by atoms with van der Waals surface area (Å²) in [5, 5.41) is 4.19. The van der Waals surface area contributed by atoms with Crippen LogP contribution in [0, 0.1) is 4.77 Å². The number of anilines is 1. The minimum atomic E-state index is -0.299. The predicted molar refractivity (Wildman–Crippen MR) is 109 cm³/mol. The largest absolute Gasteiger partial charge is 0.341 e. The molecule has 2 heterocycles. The molecule has 0 aliphatic carbocycles. The number of hydrogen-bond donors (Lipinski definition) is 3. The Hall–Kier alpha value is -2.34. The Labute approximate surface area is 164 Å². The first-order valence-corrected chi connectivity index (χ1v) is 9.05. The second-order valence-electron chi connectivity index (χ2n) is 5.92. The van der Waals surface area contributed by atoms with Crippen molar-refractivity contribution in [1.29, 1.82) is 0 Å². The zero-order valence-electron chi connectivity index (χ0n) is 13.3. The lowest BCUT2D eigenvalue weighted by atomic mass is 9.88. The second kappa shape index (κ2) is 6.76. The summed E-state index contributed by atoms with van der Waals surface area (Å²) in [5.74, 6) is 0.281. The van der Waals surface area contributed by atoms with Gasteiger partial charge in [0.25, 0.3) is 5.56 Å². The van der Waals surface area contributed by atoms with E-state index in [1.54, 1.807) is 12.1 Å². The smallest absolute Gasteiger partial charge is 0.257 e. The van der Waals surface area contributed by atoms with Gasteiger partial charge in [-0.2, -0.15) is 0 Å². The second-order valence-corrected chi connectivity index (χ2v) is 7.14. The lowest BCUT2D eigenvalue weighted by molar-refractivity contribution is 0.930. The van der Waals surface area contributed by atoms with Crippen LogP contribution in [0.25, 0.3) is 5.70 Å². The molecule has 26 heavy (non-hydrogen) atoms. The first-order chi connectivity index (χ1) is 12.5. The SMILES string of the molecule is O=c1[nH]c(=S)[nH]c2c1C(c1ccc(Cl)c(Cl)c1)C=C(c1ccccc1)N2. The molecule has 1 unspecified atom stereocenters. The van der Waals surface area contributed by atoms with Crippen LogP contribution in [0.2, 0.25) is 10.0 Å². The van der Waals surface area contributed by atoms with Gasteiger partial charge in [0, 0.05) is 11.6 Å². The van der Waals surface area contributed by atoms with Crippen molar-refractivity contribution < 1.29 is 0 Å². The number of aromatic nitrogens is 2. The van der Waals surface area contributed by atoms with E-state index in [4.69, 9.17) is 35.4 Å². The van der Waals surface area contributed by atoms with E-state index >= 15 is 0 Å². The summed E-state index contributed by atoms with van der Waals surface area (Å²) in [4.78, 5) is 18.3. The van der Waals surface area contributed by atoms with E-state index in [0.29, 0.717) is 21.4 Å². The molecular formula is C19H13Cl2N3OS. The van der Waals surface area contributed by atoms with E-state index in [1.165, 1.54) is 0 Å². The van der Waals surface area contributed by atoms with Gasteiger partial charge < -0.3 is 10.3 Å². The maximum atomic E-state index is 12.6. The van der Waals surface area contributed by atoms with E-state index in [1.807, 2.05) is 42.5 Å². The monoisotopic (exact) mass is 401 g/mol. The van der Waals surface area contributed by atoms with Crippen molar-refractivity contribution in [3.63, 3.8) is 0 Å². The molecule has 1 aliphatic heterocycles. The first kappa shape index (κ1) is 17.1. The van der Waals surface area contributed by atoms with Crippen LogP contribution in [0.4, 0.5) is 5.82 Å². The minimum absolute atomic E-state index is 0.240. The van der Waals surface area contributed by atoms with Gasteiger partial charge in [0.1, 0.15) is 5.82 Å². The van der Waals surface area contributed by atoms with Gasteiger partial charge in [-0.15, -0.1) is 0 Å². The number of allylic oxidation sites excluding steroid dienone is 1. The number of H-pyrrole nitrogens is 2. The predicted octanol–water partition coefficient (Wildman–Crippen LogP) is 5.34. The summed E-state index contributed by atoms with van der Waals surface area (Å²) in [5.41, 5.74) is 3.06. The Kier molecular flexibility index (Phi) is 4.44. The van der Waals surface area contributed by atoms with Crippen LogP contribution < -0.4 is 10.9 Å². The van der Waals surface area contributed by atoms with Crippen LogP contribution in [-0.2, 0) is 0 Å². The van der Waals surface area contributed by atoms with Crippen LogP contribution in [0.5, 0.6) is 0 Å². The quantitative estimate of drug-likeness (QED) is 0.508. The third-order valence-corrected chi connectivity index (χ3v) is 5.21. The molecule has 0 fully saturated rings. The highest BCUT2D eigenvalue weighted by Gasteiger charge is 2.26. The van der Waals surface area contributed by atoms with Gasteiger partial charge in [-0.05, 0) is 41.6 Å². The molecule has 4 nitrogen and oxygen atoms in total. The zero-order chi connectivity index (χ0) is 18.3. The van der Waals surface area contributed by atoms with Gasteiger partial charge in [0.15, 0.2) is 4.77 Å². The van der Waals surface area contributed by atoms with E-state index < -0.39 is 0 Å². The van der Waals surface area contributed by atoms with Crippen molar-refractivity contribution in [2.75, 3.05) is 5.32 Å². The average Bonchev–Trinajstić information content (AvgIpc) is 2.63. The van der Waals surface area contributed by atoms with Crippen molar-refractivity contribution in [2.45, 2.75) is 5.92 Å². The highest BCUT2D eigenvalue weighted by molar-refractivity contribution is 7.71. The molecule has 3 aromatic rings. The normalized spacial score (nSPS) is 15.8. The van der Waals surface area contributed by atoms with Gasteiger partial charge in [-0.1, -0.05) is 59.6 Å². The summed E-state index contributed by atoms with van der Waals surface area (Å²) in [6.45, 7) is 0. The first-order valence-electron chi connectivity index (χ1n) is 7.88. The number of hydrogen-bond acceptors (Lipinski definition) is 3. The van der Waals surface area contributed by atoms with Crippen LogP contribution in [-0.4, -0.2) is 9.97 Å². The van der Waals surface area contributed by atoms with Crippen molar-refractivity contribution in [2.24, 2.45) is 0 Å². The fourth-order valence-corrected chi connectivity index (χ4v) is 3.57. The third-order valence-electron chi connectivity index (χ3n) is 4.27. The maximum absolute atomic E-state index is 12.6. The van der Waals surface area contributed by atoms with Crippen molar-refractivity contribution in [3.8, 4) is 0 Å². The van der Waals surface area contributed by atoms with E-state index in [9.17, 15) is 4.79 Å². The van der Waals surface area contributed by atoms with Gasteiger partial charge in [0.05, 0.1) is 15.6 Å². The summed E-state index contributed by atoms with van der Waals surface area (Å²) < 4.78 is 0.267. The molecule has 1 atom stereocenters. The Balaban J connectivity index is 1.94. The van der Waals surface area contributed by atoms with Crippen LogP contribution in [0.1, 0.15) is 22.6 Å². The van der Waals surface area contributed by atoms with E-state index in [-0.39, 0.29) is 16.2 Å². The Morgan fingerprint density at radius 3 is 2.46 bits per heavy atom. The Morgan fingerprint density at radius 2 is 1.73 bits per heavy atom. The summed E-state index contributed by atoms with van der Waals surface area (Å²) in [6.07, 6.45) is 2.00. The number of aromatic amines is 2. The molecule has 130 valence electrons. The number of nitrogens with one attached hydrogen (secondary N) is 3. The topological polar surface area (TPSA) is 60.7 Å². The van der Waals surface area contributed by atoms with Crippen LogP contribution in [0.3, 0.4) is 0 Å². The van der Waals surface area contributed by atoms with E-state index in [0.717, 1.165) is 16.8 Å². The van der Waals surface area contributed by atoms with Crippen molar-refractivity contribution >= 4 is 46.9 Å². The minimum Gasteiger partial charge on any atom is -0.341 e. The molecule has 2 aromatic carbocycles. The third kappa shape index (κ3) is 3.09. The lowest BCUT2D eigenvalue weighted by Gasteiger charge is -2.25. The van der Waals surface area contributed by atoms with E-state index in [2.05, 4.69) is 15.3 Å². The molecule has 4 rings (SSSR count). The summed E-state index contributed by atoms with van der Waals surface area (Å²) in [6, 6.07) is 15.3. The van der Waals surface area contributed by atoms with Gasteiger partial charge in [-0.25, -0.2) is 0 Å². The highest BCUT2D eigenvalue weighted by atomic mass is 35.5. The molecule has 0 bridgehead atoms. The lowest BCUT2D eigenvalue weighted by Crippen LogP contribution is -2.24. The molecule has 0 saturated carbocycles. The molecule has 0 amide bonds. The standard InChI is InChI=1S/C19H13Cl2N3OS/c20-13-7-6-11(8-14(13)21)12-9-15(10-4-2-1-3-5-10)22-17-16(12)18(25)24-19(26)23-17/h1-9,12H,(H3,22,23,24,25,26). The Morgan fingerprint density at radius 1 is 0.962 bits per heavy atom. The van der Waals surface area contributed by atoms with Crippen LogP contribution in [0.15, 0.2) is 59.4 Å². The zero-order valence-corrected chi connectivity index (χ0v) is 15.7. The molecule has 3 N–H and O–H groups in total. The number of benzene rings is 2. The van der Waals surface area contributed by atoms with Gasteiger partial charge in [-0.3, -0.25) is 9.78 Å². The van der Waals surface area contributed by atoms with Crippen molar-refractivity contribution in [1.82, 2.24) is 9.97 Å². The maximum Gasteiger partial charge on any atom is 0.257 e. The fourth-order valence-electron chi connectivity index (χ4n) is 3.07. The summed E-state index contributed by atoms with van der Waals surface area (Å²) >= 11 is 17.4. The number of halogens is 2. The van der Waals surface area contributed by atoms with Gasteiger partial charge >= 0.3 is 0 Å². The highest BCUT2D eigenvalue weighted by Crippen LogP contribution is 2.37. The van der Waals surface area contributed by atoms with Crippen LogP contribution >= 0.6 is 35.4 Å². The molecule has 7 heteroatoms. The fraction of sp³-hybridized carbons (Fsp3) is 0.0526. The number of rotatable bonds is 2. The van der Waals surface area contributed by atoms with Crippen molar-refractivity contribution in [3.05, 3.63) is 96.5 Å². The van der Waals surface area contributed by atoms with Gasteiger partial charge in [0.2, 0.25) is 0 Å². The molecular weight excluding hydrogens is 389 g/mol. The Bertz CT molecular complexity index is 1140. The molecule has 1 aromatic heterocycles. The molecule has 0 radical (unpaired) electrons. The average molecular weight is 402 g/mol. The molecule has 0 saturated heterocycles.